The SMILES string of the molecule is Cn1cc(C(=O)Nc2cccc(Cl)c2)c(S(=O)(=O)N2CCCCCC2)n1. The van der Waals surface area contributed by atoms with Gasteiger partial charge in [-0.1, -0.05) is 30.5 Å². The number of anilines is 1. The van der Waals surface area contributed by atoms with Gasteiger partial charge in [0.1, 0.15) is 0 Å². The van der Waals surface area contributed by atoms with Gasteiger partial charge in [-0.25, -0.2) is 8.42 Å². The minimum absolute atomic E-state index is 0.0247. The molecule has 140 valence electrons. The molecule has 1 aromatic carbocycles. The number of aryl methyl sites for hydroxylation is 1. The third-order valence-corrected chi connectivity index (χ3v) is 6.34. The van der Waals surface area contributed by atoms with Crippen molar-refractivity contribution in [3.05, 3.63) is 41.0 Å². The van der Waals surface area contributed by atoms with Crippen molar-refractivity contribution in [3.63, 3.8) is 0 Å². The molecular weight excluding hydrogens is 376 g/mol. The molecule has 1 aromatic heterocycles. The zero-order valence-corrected chi connectivity index (χ0v) is 16.1. The maximum absolute atomic E-state index is 13.0. The standard InChI is InChI=1S/C17H21ClN4O3S/c1-21-12-15(16(23)19-14-8-6-7-13(18)11-14)17(20-21)26(24,25)22-9-4-2-3-5-10-22/h6-8,11-12H,2-5,9-10H2,1H3,(H,19,23). The van der Waals surface area contributed by atoms with Crippen molar-refractivity contribution in [2.75, 3.05) is 18.4 Å². The molecule has 26 heavy (non-hydrogen) atoms. The number of nitrogens with zero attached hydrogens (tertiary/aromatic N) is 3. The Hall–Kier alpha value is -1.90. The number of hydrogen-bond acceptors (Lipinski definition) is 4. The largest absolute Gasteiger partial charge is 0.322 e. The van der Waals surface area contributed by atoms with E-state index in [0.717, 1.165) is 25.7 Å². The summed E-state index contributed by atoms with van der Waals surface area (Å²) in [4.78, 5) is 12.7. The monoisotopic (exact) mass is 396 g/mol. The number of hydrogen-bond donors (Lipinski definition) is 1. The van der Waals surface area contributed by atoms with Gasteiger partial charge in [-0.3, -0.25) is 9.48 Å². The van der Waals surface area contributed by atoms with Crippen LogP contribution in [0.25, 0.3) is 0 Å². The van der Waals surface area contributed by atoms with Gasteiger partial charge in [-0.15, -0.1) is 0 Å². The number of sulfonamides is 1. The summed E-state index contributed by atoms with van der Waals surface area (Å²) in [6.45, 7) is 0.905. The van der Waals surface area contributed by atoms with Crippen LogP contribution < -0.4 is 5.32 Å². The Balaban J connectivity index is 1.91. The maximum Gasteiger partial charge on any atom is 0.263 e. The first-order valence-electron chi connectivity index (χ1n) is 8.48. The molecule has 0 radical (unpaired) electrons. The summed E-state index contributed by atoms with van der Waals surface area (Å²) >= 11 is 5.93. The summed E-state index contributed by atoms with van der Waals surface area (Å²) < 4.78 is 28.8. The summed E-state index contributed by atoms with van der Waals surface area (Å²) in [7, 11) is -2.23. The predicted molar refractivity (Wildman–Crippen MR) is 99.8 cm³/mol. The van der Waals surface area contributed by atoms with E-state index in [2.05, 4.69) is 10.4 Å². The lowest BCUT2D eigenvalue weighted by atomic mass is 10.2. The Morgan fingerprint density at radius 3 is 2.54 bits per heavy atom. The number of amides is 1. The number of benzene rings is 1. The van der Waals surface area contributed by atoms with E-state index < -0.39 is 15.9 Å². The summed E-state index contributed by atoms with van der Waals surface area (Å²) in [6.07, 6.45) is 5.07. The van der Waals surface area contributed by atoms with Crippen LogP contribution in [0.1, 0.15) is 36.0 Å². The van der Waals surface area contributed by atoms with Gasteiger partial charge in [-0.2, -0.15) is 9.40 Å². The number of nitrogens with one attached hydrogen (secondary N) is 1. The lowest BCUT2D eigenvalue weighted by Crippen LogP contribution is -2.33. The molecular formula is C17H21ClN4O3S. The van der Waals surface area contributed by atoms with Crippen molar-refractivity contribution in [2.45, 2.75) is 30.7 Å². The van der Waals surface area contributed by atoms with E-state index in [1.807, 2.05) is 0 Å². The van der Waals surface area contributed by atoms with Crippen LogP contribution in [0.4, 0.5) is 5.69 Å². The second-order valence-corrected chi connectivity index (χ2v) is 8.59. The van der Waals surface area contributed by atoms with Crippen LogP contribution in [0, 0.1) is 0 Å². The van der Waals surface area contributed by atoms with Crippen molar-refractivity contribution < 1.29 is 13.2 Å². The van der Waals surface area contributed by atoms with E-state index >= 15 is 0 Å². The average Bonchev–Trinajstić information content (AvgIpc) is 2.81. The quantitative estimate of drug-likeness (QED) is 0.861. The van der Waals surface area contributed by atoms with Gasteiger partial charge in [0.05, 0.1) is 5.56 Å². The molecule has 0 aliphatic carbocycles. The number of carbonyl (C=O) groups is 1. The number of aromatic nitrogens is 2. The third kappa shape index (κ3) is 4.08. The Morgan fingerprint density at radius 1 is 1.19 bits per heavy atom. The number of halogens is 1. The molecule has 9 heteroatoms. The van der Waals surface area contributed by atoms with Crippen molar-refractivity contribution in [3.8, 4) is 0 Å². The van der Waals surface area contributed by atoms with Crippen molar-refractivity contribution >= 4 is 33.2 Å². The van der Waals surface area contributed by atoms with Gasteiger partial charge in [0.25, 0.3) is 15.9 Å². The highest BCUT2D eigenvalue weighted by Crippen LogP contribution is 2.23. The fourth-order valence-electron chi connectivity index (χ4n) is 2.98. The molecule has 0 bridgehead atoms. The third-order valence-electron chi connectivity index (χ3n) is 4.27. The second kappa shape index (κ2) is 7.77. The predicted octanol–water partition coefficient (Wildman–Crippen LogP) is 2.89. The lowest BCUT2D eigenvalue weighted by molar-refractivity contribution is 0.102. The molecule has 2 aromatic rings. The molecule has 1 saturated heterocycles. The van der Waals surface area contributed by atoms with E-state index in [9.17, 15) is 13.2 Å². The zero-order chi connectivity index (χ0) is 18.7. The van der Waals surface area contributed by atoms with Gasteiger partial charge in [0.2, 0.25) is 5.03 Å². The summed E-state index contributed by atoms with van der Waals surface area (Å²) in [5.74, 6) is -0.534. The minimum atomic E-state index is -3.83. The van der Waals surface area contributed by atoms with Crippen molar-refractivity contribution in [2.24, 2.45) is 7.05 Å². The fourth-order valence-corrected chi connectivity index (χ4v) is 4.81. The summed E-state index contributed by atoms with van der Waals surface area (Å²) in [6, 6.07) is 6.68. The maximum atomic E-state index is 13.0. The smallest absolute Gasteiger partial charge is 0.263 e. The summed E-state index contributed by atoms with van der Waals surface area (Å²) in [5.41, 5.74) is 0.515. The first-order valence-corrected chi connectivity index (χ1v) is 10.3. The Labute approximate surface area is 158 Å². The topological polar surface area (TPSA) is 84.3 Å². The molecule has 1 aliphatic heterocycles. The molecule has 0 atom stereocenters. The molecule has 7 nitrogen and oxygen atoms in total. The highest BCUT2D eigenvalue weighted by atomic mass is 35.5. The molecule has 0 saturated carbocycles. The van der Waals surface area contributed by atoms with Crippen LogP contribution in [-0.2, 0) is 17.1 Å². The lowest BCUT2D eigenvalue weighted by Gasteiger charge is -2.19. The van der Waals surface area contributed by atoms with Crippen molar-refractivity contribution in [1.29, 1.82) is 0 Å². The highest BCUT2D eigenvalue weighted by molar-refractivity contribution is 7.89. The zero-order valence-electron chi connectivity index (χ0n) is 14.5. The van der Waals surface area contributed by atoms with E-state index in [0.29, 0.717) is 23.8 Å². The normalized spacial score (nSPS) is 16.2. The van der Waals surface area contributed by atoms with Gasteiger partial charge in [-0.05, 0) is 31.0 Å². The first kappa shape index (κ1) is 18.9. The van der Waals surface area contributed by atoms with Crippen LogP contribution in [0.3, 0.4) is 0 Å². The highest BCUT2D eigenvalue weighted by Gasteiger charge is 2.32. The minimum Gasteiger partial charge on any atom is -0.322 e. The van der Waals surface area contributed by atoms with E-state index in [1.54, 1.807) is 31.3 Å². The van der Waals surface area contributed by atoms with E-state index in [4.69, 9.17) is 11.6 Å². The van der Waals surface area contributed by atoms with Gasteiger partial charge >= 0.3 is 0 Å². The van der Waals surface area contributed by atoms with Crippen LogP contribution in [0.2, 0.25) is 5.02 Å². The summed E-state index contributed by atoms with van der Waals surface area (Å²) in [5, 5.41) is 7.02. The van der Waals surface area contributed by atoms with E-state index in [1.165, 1.54) is 15.2 Å². The molecule has 0 unspecified atom stereocenters. The van der Waals surface area contributed by atoms with Gasteiger partial charge in [0, 0.05) is 37.0 Å². The number of carbonyl (C=O) groups excluding carboxylic acids is 1. The van der Waals surface area contributed by atoms with Gasteiger partial charge in [0.15, 0.2) is 0 Å². The van der Waals surface area contributed by atoms with Crippen LogP contribution in [0.15, 0.2) is 35.5 Å². The van der Waals surface area contributed by atoms with Crippen LogP contribution >= 0.6 is 11.6 Å². The van der Waals surface area contributed by atoms with Crippen molar-refractivity contribution in [1.82, 2.24) is 14.1 Å². The molecule has 3 rings (SSSR count). The van der Waals surface area contributed by atoms with Crippen LogP contribution in [-0.4, -0.2) is 41.5 Å². The van der Waals surface area contributed by atoms with Gasteiger partial charge < -0.3 is 5.32 Å². The molecule has 1 N–H and O–H groups in total. The molecule has 1 aliphatic rings. The molecule has 1 fully saturated rings. The fraction of sp³-hybridized carbons (Fsp3) is 0.412. The molecule has 0 spiro atoms. The average molecular weight is 397 g/mol. The molecule has 1 amide bonds. The van der Waals surface area contributed by atoms with Crippen LogP contribution in [0.5, 0.6) is 0 Å². The second-order valence-electron chi connectivity index (χ2n) is 6.30. The first-order chi connectivity index (χ1) is 12.4. The Bertz CT molecular complexity index is 902. The van der Waals surface area contributed by atoms with E-state index in [-0.39, 0.29) is 10.6 Å². The number of rotatable bonds is 4. The molecule has 2 heterocycles. The Kier molecular flexibility index (Phi) is 5.64. The Morgan fingerprint density at radius 2 is 1.88 bits per heavy atom.